The Bertz CT molecular complexity index is 790. The molecule has 4 nitrogen and oxygen atoms in total. The molecule has 26 heavy (non-hydrogen) atoms. The second-order valence-electron chi connectivity index (χ2n) is 6.31. The molecule has 1 fully saturated rings. The monoisotopic (exact) mass is 365 g/mol. The molecule has 0 unspecified atom stereocenters. The standard InChI is InChI=1S/C21H23N3OS/c1-2-26-20-6-4-3-5-19(20)21(25)24-13-11-23(12-14-24)16-18-9-7-17(15-22)8-10-18/h3-10H,2,11-14,16H2,1H3. The lowest BCUT2D eigenvalue weighted by Crippen LogP contribution is -2.48. The maximum absolute atomic E-state index is 12.9. The molecule has 1 aliphatic rings. The van der Waals surface area contributed by atoms with E-state index >= 15 is 0 Å². The summed E-state index contributed by atoms with van der Waals surface area (Å²) in [5.41, 5.74) is 2.71. The molecule has 3 rings (SSSR count). The van der Waals surface area contributed by atoms with E-state index in [0.717, 1.165) is 48.9 Å². The minimum absolute atomic E-state index is 0.138. The van der Waals surface area contributed by atoms with Crippen molar-refractivity contribution in [2.45, 2.75) is 18.4 Å². The fourth-order valence-electron chi connectivity index (χ4n) is 3.15. The topological polar surface area (TPSA) is 47.3 Å². The van der Waals surface area contributed by atoms with Crippen molar-refractivity contribution in [1.82, 2.24) is 9.80 Å². The van der Waals surface area contributed by atoms with Crippen LogP contribution in [0.15, 0.2) is 53.4 Å². The highest BCUT2D eigenvalue weighted by molar-refractivity contribution is 7.99. The number of benzene rings is 2. The second-order valence-corrected chi connectivity index (χ2v) is 7.61. The fraction of sp³-hybridized carbons (Fsp3) is 0.333. The molecule has 134 valence electrons. The van der Waals surface area contributed by atoms with Crippen LogP contribution in [0.1, 0.15) is 28.4 Å². The zero-order valence-corrected chi connectivity index (χ0v) is 15.8. The first kappa shape index (κ1) is 18.5. The Hall–Kier alpha value is -2.29. The Morgan fingerprint density at radius 3 is 2.42 bits per heavy atom. The number of nitriles is 1. The maximum Gasteiger partial charge on any atom is 0.255 e. The summed E-state index contributed by atoms with van der Waals surface area (Å²) in [5.74, 6) is 1.10. The summed E-state index contributed by atoms with van der Waals surface area (Å²) >= 11 is 1.72. The number of rotatable bonds is 5. The summed E-state index contributed by atoms with van der Waals surface area (Å²) in [6, 6.07) is 17.8. The van der Waals surface area contributed by atoms with Gasteiger partial charge in [0.05, 0.1) is 17.2 Å². The summed E-state index contributed by atoms with van der Waals surface area (Å²) in [6.45, 7) is 6.20. The van der Waals surface area contributed by atoms with Gasteiger partial charge in [-0.2, -0.15) is 5.26 Å². The molecule has 1 saturated heterocycles. The van der Waals surface area contributed by atoms with Crippen LogP contribution in [-0.2, 0) is 6.54 Å². The van der Waals surface area contributed by atoms with Gasteiger partial charge >= 0.3 is 0 Å². The molecule has 0 aliphatic carbocycles. The largest absolute Gasteiger partial charge is 0.336 e. The third-order valence-corrected chi connectivity index (χ3v) is 5.52. The molecule has 2 aromatic rings. The summed E-state index contributed by atoms with van der Waals surface area (Å²) in [7, 11) is 0. The smallest absolute Gasteiger partial charge is 0.255 e. The van der Waals surface area contributed by atoms with Gasteiger partial charge in [0.25, 0.3) is 5.91 Å². The molecule has 1 amide bonds. The third-order valence-electron chi connectivity index (χ3n) is 4.57. The fourth-order valence-corrected chi connectivity index (χ4v) is 3.94. The minimum Gasteiger partial charge on any atom is -0.336 e. The van der Waals surface area contributed by atoms with Crippen LogP contribution < -0.4 is 0 Å². The maximum atomic E-state index is 12.9. The van der Waals surface area contributed by atoms with Crippen LogP contribution in [-0.4, -0.2) is 47.6 Å². The number of hydrogen-bond acceptors (Lipinski definition) is 4. The number of carbonyl (C=O) groups excluding carboxylic acids is 1. The van der Waals surface area contributed by atoms with Crippen LogP contribution in [0.3, 0.4) is 0 Å². The van der Waals surface area contributed by atoms with E-state index in [0.29, 0.717) is 5.56 Å². The summed E-state index contributed by atoms with van der Waals surface area (Å²) in [4.78, 5) is 18.3. The molecule has 0 N–H and O–H groups in total. The molecule has 5 heteroatoms. The molecule has 1 heterocycles. The van der Waals surface area contributed by atoms with Crippen molar-refractivity contribution in [3.8, 4) is 6.07 Å². The molecule has 0 saturated carbocycles. The van der Waals surface area contributed by atoms with Gasteiger partial charge in [-0.05, 0) is 35.6 Å². The average molecular weight is 366 g/mol. The van der Waals surface area contributed by atoms with Crippen LogP contribution in [0.25, 0.3) is 0 Å². The van der Waals surface area contributed by atoms with Crippen molar-refractivity contribution in [3.05, 3.63) is 65.2 Å². The number of amides is 1. The van der Waals surface area contributed by atoms with E-state index in [-0.39, 0.29) is 5.91 Å². The van der Waals surface area contributed by atoms with Gasteiger partial charge < -0.3 is 4.90 Å². The highest BCUT2D eigenvalue weighted by Crippen LogP contribution is 2.24. The van der Waals surface area contributed by atoms with Crippen LogP contribution >= 0.6 is 11.8 Å². The molecular formula is C21H23N3OS. The first-order valence-corrected chi connectivity index (χ1v) is 9.92. The number of hydrogen-bond donors (Lipinski definition) is 0. The number of thioether (sulfide) groups is 1. The van der Waals surface area contributed by atoms with Gasteiger partial charge in [-0.25, -0.2) is 0 Å². The van der Waals surface area contributed by atoms with E-state index in [9.17, 15) is 4.79 Å². The normalized spacial score (nSPS) is 14.8. The molecule has 2 aromatic carbocycles. The zero-order valence-electron chi connectivity index (χ0n) is 15.0. The molecule has 0 bridgehead atoms. The summed E-state index contributed by atoms with van der Waals surface area (Å²) in [5, 5.41) is 8.88. The van der Waals surface area contributed by atoms with Crippen LogP contribution in [0, 0.1) is 11.3 Å². The highest BCUT2D eigenvalue weighted by atomic mass is 32.2. The van der Waals surface area contributed by atoms with Crippen molar-refractivity contribution < 1.29 is 4.79 Å². The SMILES string of the molecule is CCSc1ccccc1C(=O)N1CCN(Cc2ccc(C#N)cc2)CC1. The van der Waals surface area contributed by atoms with E-state index in [1.165, 1.54) is 5.56 Å². The highest BCUT2D eigenvalue weighted by Gasteiger charge is 2.23. The molecule has 0 aromatic heterocycles. The lowest BCUT2D eigenvalue weighted by Gasteiger charge is -2.35. The molecule has 0 atom stereocenters. The Morgan fingerprint density at radius 1 is 1.08 bits per heavy atom. The van der Waals surface area contributed by atoms with Gasteiger partial charge in [0.2, 0.25) is 0 Å². The first-order chi connectivity index (χ1) is 12.7. The van der Waals surface area contributed by atoms with E-state index in [1.54, 1.807) is 11.8 Å². The molecule has 0 spiro atoms. The van der Waals surface area contributed by atoms with E-state index in [1.807, 2.05) is 53.4 Å². The first-order valence-electron chi connectivity index (χ1n) is 8.93. The predicted octanol–water partition coefficient (Wildman–Crippen LogP) is 3.63. The van der Waals surface area contributed by atoms with Crippen molar-refractivity contribution in [2.24, 2.45) is 0 Å². The Kier molecular flexibility index (Phi) is 6.32. The number of nitrogens with zero attached hydrogens (tertiary/aromatic N) is 3. The van der Waals surface area contributed by atoms with Crippen molar-refractivity contribution >= 4 is 17.7 Å². The third kappa shape index (κ3) is 4.46. The van der Waals surface area contributed by atoms with Crippen molar-refractivity contribution in [2.75, 3.05) is 31.9 Å². The van der Waals surface area contributed by atoms with E-state index in [4.69, 9.17) is 5.26 Å². The van der Waals surface area contributed by atoms with Gasteiger partial charge in [0.15, 0.2) is 0 Å². The van der Waals surface area contributed by atoms with Crippen LogP contribution in [0.2, 0.25) is 0 Å². The summed E-state index contributed by atoms with van der Waals surface area (Å²) in [6.07, 6.45) is 0. The molecule has 0 radical (unpaired) electrons. The second kappa shape index (κ2) is 8.88. The predicted molar refractivity (Wildman–Crippen MR) is 105 cm³/mol. The lowest BCUT2D eigenvalue weighted by atomic mass is 10.1. The van der Waals surface area contributed by atoms with Gasteiger partial charge in [0, 0.05) is 37.6 Å². The van der Waals surface area contributed by atoms with E-state index in [2.05, 4.69) is 17.9 Å². The van der Waals surface area contributed by atoms with Crippen LogP contribution in [0.5, 0.6) is 0 Å². The van der Waals surface area contributed by atoms with Crippen molar-refractivity contribution in [1.29, 1.82) is 5.26 Å². The number of carbonyl (C=O) groups is 1. The molecule has 1 aliphatic heterocycles. The van der Waals surface area contributed by atoms with Gasteiger partial charge in [-0.15, -0.1) is 11.8 Å². The average Bonchev–Trinajstić information content (AvgIpc) is 2.69. The van der Waals surface area contributed by atoms with E-state index < -0.39 is 0 Å². The van der Waals surface area contributed by atoms with Gasteiger partial charge in [-0.3, -0.25) is 9.69 Å². The van der Waals surface area contributed by atoms with Gasteiger partial charge in [-0.1, -0.05) is 31.2 Å². The van der Waals surface area contributed by atoms with Crippen molar-refractivity contribution in [3.63, 3.8) is 0 Å². The van der Waals surface area contributed by atoms with Crippen LogP contribution in [0.4, 0.5) is 0 Å². The number of piperazine rings is 1. The van der Waals surface area contributed by atoms with Gasteiger partial charge in [0.1, 0.15) is 0 Å². The summed E-state index contributed by atoms with van der Waals surface area (Å²) < 4.78 is 0. The Labute approximate surface area is 159 Å². The molecular weight excluding hydrogens is 342 g/mol. The quantitative estimate of drug-likeness (QED) is 0.759. The minimum atomic E-state index is 0.138. The lowest BCUT2D eigenvalue weighted by molar-refractivity contribution is 0.0625. The Morgan fingerprint density at radius 2 is 1.77 bits per heavy atom. The zero-order chi connectivity index (χ0) is 18.4. The Balaban J connectivity index is 1.58.